The van der Waals surface area contributed by atoms with E-state index in [0.717, 1.165) is 35.7 Å². The van der Waals surface area contributed by atoms with Crippen molar-refractivity contribution in [1.29, 1.82) is 0 Å². The van der Waals surface area contributed by atoms with E-state index in [1.165, 1.54) is 6.42 Å². The molecule has 0 saturated heterocycles. The van der Waals surface area contributed by atoms with Gasteiger partial charge in [-0.15, -0.1) is 11.3 Å². The number of hydrogen-bond acceptors (Lipinski definition) is 3. The lowest BCUT2D eigenvalue weighted by molar-refractivity contribution is 0.467. The van der Waals surface area contributed by atoms with E-state index in [4.69, 9.17) is 0 Å². The first kappa shape index (κ1) is 13.3. The minimum atomic E-state index is 0.606. The van der Waals surface area contributed by atoms with E-state index in [0.29, 0.717) is 6.04 Å². The molecule has 2 rings (SSSR count). The molecule has 1 N–H and O–H groups in total. The zero-order valence-corrected chi connectivity index (χ0v) is 12.4. The normalized spacial score (nSPS) is 23.0. The summed E-state index contributed by atoms with van der Waals surface area (Å²) >= 11 is 1.70. The van der Waals surface area contributed by atoms with Gasteiger partial charge < -0.3 is 10.2 Å². The summed E-state index contributed by atoms with van der Waals surface area (Å²) in [5.41, 5.74) is 1.12. The van der Waals surface area contributed by atoms with Crippen molar-refractivity contribution in [2.75, 3.05) is 13.6 Å². The van der Waals surface area contributed by atoms with Crippen LogP contribution in [0.15, 0.2) is 10.4 Å². The second-order valence-corrected chi connectivity index (χ2v) is 6.04. The summed E-state index contributed by atoms with van der Waals surface area (Å²) in [7, 11) is 2.07. The van der Waals surface area contributed by atoms with Gasteiger partial charge >= 0.3 is 0 Å². The number of aryl methyl sites for hydroxylation is 1. The van der Waals surface area contributed by atoms with Gasteiger partial charge in [0.15, 0.2) is 5.96 Å². The van der Waals surface area contributed by atoms with Gasteiger partial charge in [0.25, 0.3) is 0 Å². The third kappa shape index (κ3) is 3.45. The zero-order chi connectivity index (χ0) is 13.1. The summed E-state index contributed by atoms with van der Waals surface area (Å²) in [4.78, 5) is 11.2. The van der Waals surface area contributed by atoms with Crippen molar-refractivity contribution in [2.24, 2.45) is 10.9 Å². The summed E-state index contributed by atoms with van der Waals surface area (Å²) in [6.07, 6.45) is 1.26. The highest BCUT2D eigenvalue weighted by atomic mass is 32.1. The van der Waals surface area contributed by atoms with Gasteiger partial charge in [0.05, 0.1) is 17.2 Å². The van der Waals surface area contributed by atoms with Crippen LogP contribution in [-0.4, -0.2) is 35.5 Å². The number of guanidine groups is 1. The van der Waals surface area contributed by atoms with Gasteiger partial charge in [0, 0.05) is 25.0 Å². The molecule has 1 fully saturated rings. The lowest BCUT2D eigenvalue weighted by Gasteiger charge is -2.21. The van der Waals surface area contributed by atoms with E-state index in [9.17, 15) is 0 Å². The van der Waals surface area contributed by atoms with Crippen molar-refractivity contribution in [3.8, 4) is 0 Å². The van der Waals surface area contributed by atoms with Gasteiger partial charge in [-0.05, 0) is 26.2 Å². The average molecular weight is 266 g/mol. The molecular formula is C13H22N4S. The highest BCUT2D eigenvalue weighted by molar-refractivity contribution is 7.09. The predicted molar refractivity (Wildman–Crippen MR) is 77.0 cm³/mol. The Bertz CT molecular complexity index is 426. The molecule has 1 aromatic heterocycles. The van der Waals surface area contributed by atoms with Crippen LogP contribution in [0.25, 0.3) is 0 Å². The molecule has 0 aliphatic heterocycles. The van der Waals surface area contributed by atoms with Crippen LogP contribution in [0.3, 0.4) is 0 Å². The minimum Gasteiger partial charge on any atom is -0.353 e. The van der Waals surface area contributed by atoms with E-state index < -0.39 is 0 Å². The second kappa shape index (κ2) is 5.69. The molecule has 0 spiro atoms. The highest BCUT2D eigenvalue weighted by Crippen LogP contribution is 2.29. The molecule has 1 aliphatic rings. The van der Waals surface area contributed by atoms with Crippen LogP contribution in [0, 0.1) is 12.8 Å². The van der Waals surface area contributed by atoms with Gasteiger partial charge in [0.2, 0.25) is 0 Å². The molecule has 0 aromatic carbocycles. The van der Waals surface area contributed by atoms with Crippen LogP contribution in [0.4, 0.5) is 0 Å². The molecule has 1 saturated carbocycles. The van der Waals surface area contributed by atoms with E-state index in [1.807, 2.05) is 6.92 Å². The molecule has 5 heteroatoms. The summed E-state index contributed by atoms with van der Waals surface area (Å²) in [6.45, 7) is 8.00. The van der Waals surface area contributed by atoms with Crippen molar-refractivity contribution < 1.29 is 0 Å². The molecule has 100 valence electrons. The second-order valence-electron chi connectivity index (χ2n) is 4.98. The summed E-state index contributed by atoms with van der Waals surface area (Å²) in [5, 5.41) is 6.76. The fourth-order valence-electron chi connectivity index (χ4n) is 1.91. The number of thiazole rings is 1. The van der Waals surface area contributed by atoms with Crippen molar-refractivity contribution >= 4 is 17.3 Å². The molecule has 2 unspecified atom stereocenters. The number of rotatable bonds is 4. The van der Waals surface area contributed by atoms with Gasteiger partial charge in [-0.2, -0.15) is 0 Å². The zero-order valence-electron chi connectivity index (χ0n) is 11.6. The fourth-order valence-corrected chi connectivity index (χ4v) is 2.52. The van der Waals surface area contributed by atoms with Crippen molar-refractivity contribution in [3.05, 3.63) is 16.1 Å². The SMILES string of the molecule is CCN=C(NC1CC1C)N(C)Cc1csc(C)n1. The maximum absolute atomic E-state index is 4.55. The third-order valence-corrected chi connectivity index (χ3v) is 3.98. The third-order valence-electron chi connectivity index (χ3n) is 3.16. The van der Waals surface area contributed by atoms with Crippen LogP contribution < -0.4 is 5.32 Å². The Balaban J connectivity index is 1.95. The van der Waals surface area contributed by atoms with Crippen LogP contribution >= 0.6 is 11.3 Å². The molecule has 0 bridgehead atoms. The first-order valence-corrected chi connectivity index (χ1v) is 7.41. The quantitative estimate of drug-likeness (QED) is 0.671. The lowest BCUT2D eigenvalue weighted by Crippen LogP contribution is -2.40. The van der Waals surface area contributed by atoms with Gasteiger partial charge in [-0.3, -0.25) is 4.99 Å². The van der Waals surface area contributed by atoms with Crippen LogP contribution in [0.1, 0.15) is 31.0 Å². The maximum atomic E-state index is 4.55. The molecule has 1 aromatic rings. The Morgan fingerprint density at radius 3 is 2.89 bits per heavy atom. The van der Waals surface area contributed by atoms with Crippen LogP contribution in [0.5, 0.6) is 0 Å². The Hall–Kier alpha value is -1.10. The largest absolute Gasteiger partial charge is 0.353 e. The van der Waals surface area contributed by atoms with Gasteiger partial charge in [-0.1, -0.05) is 6.92 Å². The predicted octanol–water partition coefficient (Wildman–Crippen LogP) is 2.26. The first-order valence-electron chi connectivity index (χ1n) is 6.53. The smallest absolute Gasteiger partial charge is 0.194 e. The molecule has 0 radical (unpaired) electrons. The Morgan fingerprint density at radius 1 is 1.67 bits per heavy atom. The van der Waals surface area contributed by atoms with Crippen molar-refractivity contribution in [1.82, 2.24) is 15.2 Å². The molecule has 18 heavy (non-hydrogen) atoms. The molecular weight excluding hydrogens is 244 g/mol. The van der Waals surface area contributed by atoms with E-state index >= 15 is 0 Å². The molecule has 0 amide bonds. The van der Waals surface area contributed by atoms with Crippen LogP contribution in [0.2, 0.25) is 0 Å². The highest BCUT2D eigenvalue weighted by Gasteiger charge is 2.33. The van der Waals surface area contributed by atoms with Crippen molar-refractivity contribution in [3.63, 3.8) is 0 Å². The molecule has 1 heterocycles. The number of aromatic nitrogens is 1. The molecule has 1 aliphatic carbocycles. The standard InChI is InChI=1S/C13H22N4S/c1-5-14-13(16-12-6-9(12)2)17(4)7-11-8-18-10(3)15-11/h8-9,12H,5-7H2,1-4H3,(H,14,16). The fraction of sp³-hybridized carbons (Fsp3) is 0.692. The first-order chi connectivity index (χ1) is 8.60. The Morgan fingerprint density at radius 2 is 2.39 bits per heavy atom. The van der Waals surface area contributed by atoms with E-state index in [2.05, 4.69) is 46.5 Å². The maximum Gasteiger partial charge on any atom is 0.194 e. The summed E-state index contributed by atoms with van der Waals surface area (Å²) < 4.78 is 0. The molecule has 4 nitrogen and oxygen atoms in total. The number of hydrogen-bond donors (Lipinski definition) is 1. The lowest BCUT2D eigenvalue weighted by atomic mass is 10.4. The Labute approximate surface area is 113 Å². The van der Waals surface area contributed by atoms with Crippen LogP contribution in [-0.2, 0) is 6.54 Å². The summed E-state index contributed by atoms with van der Waals surface area (Å²) in [5.74, 6) is 1.78. The van der Waals surface area contributed by atoms with Gasteiger partial charge in [-0.25, -0.2) is 4.98 Å². The number of aliphatic imine (C=N–C) groups is 1. The monoisotopic (exact) mass is 266 g/mol. The number of nitrogens with zero attached hydrogens (tertiary/aromatic N) is 3. The number of nitrogens with one attached hydrogen (secondary N) is 1. The molecule has 2 atom stereocenters. The average Bonchev–Trinajstić information content (AvgIpc) is 2.85. The van der Waals surface area contributed by atoms with E-state index in [1.54, 1.807) is 11.3 Å². The van der Waals surface area contributed by atoms with Crippen molar-refractivity contribution in [2.45, 2.75) is 39.8 Å². The summed E-state index contributed by atoms with van der Waals surface area (Å²) in [6, 6.07) is 0.606. The van der Waals surface area contributed by atoms with E-state index in [-0.39, 0.29) is 0 Å². The minimum absolute atomic E-state index is 0.606. The topological polar surface area (TPSA) is 40.5 Å². The Kier molecular flexibility index (Phi) is 4.22. The van der Waals surface area contributed by atoms with Gasteiger partial charge in [0.1, 0.15) is 0 Å².